The molecule has 1 aliphatic carbocycles. The van der Waals surface area contributed by atoms with E-state index >= 15 is 0 Å². The Balaban J connectivity index is 0.000000222. The van der Waals surface area contributed by atoms with Crippen LogP contribution in [-0.2, 0) is 6.42 Å². The van der Waals surface area contributed by atoms with Crippen LogP contribution in [0.2, 0.25) is 0 Å². The van der Waals surface area contributed by atoms with Crippen LogP contribution in [0, 0.1) is 34.6 Å². The average molecular weight is 586 g/mol. The van der Waals surface area contributed by atoms with E-state index in [2.05, 4.69) is 89.2 Å². The highest BCUT2D eigenvalue weighted by Gasteiger charge is 2.18. The number of phenols is 1. The third kappa shape index (κ3) is 10.6. The van der Waals surface area contributed by atoms with Gasteiger partial charge in [0, 0.05) is 5.69 Å². The van der Waals surface area contributed by atoms with Crippen LogP contribution in [0.4, 0.5) is 5.69 Å². The number of nitrogens with two attached hydrogens (primary N) is 1. The summed E-state index contributed by atoms with van der Waals surface area (Å²) in [5, 5.41) is 9.46. The topological polar surface area (TPSA) is 46.2 Å². The largest absolute Gasteiger partial charge is 0.508 e. The van der Waals surface area contributed by atoms with Gasteiger partial charge in [-0.25, -0.2) is 0 Å². The molecular formula is C42H51NO. The standard InChI is InChI=1S/C16H18.C13H11NO.C7H8.C4H8.C2H6/c1-11-5-7-13(3)15(9-11)16-10-12(2)6-8-14(16)4;14-10-3-1-8-5-9-2-4-11(15)7-13(9)12(8)6-10;1-7-5-3-2-4-6-7;1-3-4-2;1-2/h5-10H,1-4H3;1-4,6-7,15H,5,14H2;2-6H,1H3;3-4H,1-2H3;1-2H3/b;;;4-3-;. The van der Waals surface area contributed by atoms with E-state index in [1.807, 2.05) is 76.2 Å². The van der Waals surface area contributed by atoms with Gasteiger partial charge in [0.1, 0.15) is 5.75 Å². The Kier molecular flexibility index (Phi) is 14.7. The summed E-state index contributed by atoms with van der Waals surface area (Å²) in [6, 6.07) is 35.0. The Bertz CT molecular complexity index is 1530. The highest BCUT2D eigenvalue weighted by Crippen LogP contribution is 2.39. The van der Waals surface area contributed by atoms with Crippen molar-refractivity contribution in [3.8, 4) is 28.0 Å². The first kappa shape index (κ1) is 35.6. The third-order valence-electron chi connectivity index (χ3n) is 7.25. The van der Waals surface area contributed by atoms with Gasteiger partial charge < -0.3 is 10.8 Å². The molecule has 0 spiro atoms. The van der Waals surface area contributed by atoms with Crippen molar-refractivity contribution < 1.29 is 5.11 Å². The van der Waals surface area contributed by atoms with Crippen LogP contribution in [0.3, 0.4) is 0 Å². The van der Waals surface area contributed by atoms with Crippen LogP contribution >= 0.6 is 0 Å². The molecule has 1 aliphatic rings. The number of fused-ring (bicyclic) bond motifs is 3. The number of benzene rings is 5. The fraction of sp³-hybridized carbons (Fsp3) is 0.238. The van der Waals surface area contributed by atoms with Crippen molar-refractivity contribution in [2.75, 3.05) is 5.73 Å². The number of aryl methyl sites for hydroxylation is 5. The molecule has 0 atom stereocenters. The minimum Gasteiger partial charge on any atom is -0.508 e. The summed E-state index contributed by atoms with van der Waals surface area (Å²) in [6.07, 6.45) is 4.94. The molecule has 2 heteroatoms. The van der Waals surface area contributed by atoms with Gasteiger partial charge >= 0.3 is 0 Å². The number of hydrogen-bond acceptors (Lipinski definition) is 2. The molecule has 0 saturated carbocycles. The van der Waals surface area contributed by atoms with E-state index in [1.54, 1.807) is 12.1 Å². The predicted molar refractivity (Wildman–Crippen MR) is 195 cm³/mol. The maximum Gasteiger partial charge on any atom is 0.116 e. The van der Waals surface area contributed by atoms with Gasteiger partial charge in [-0.3, -0.25) is 0 Å². The van der Waals surface area contributed by atoms with Gasteiger partial charge in [-0.1, -0.05) is 122 Å². The number of allylic oxidation sites excluding steroid dienone is 2. The number of anilines is 1. The summed E-state index contributed by atoms with van der Waals surface area (Å²) in [4.78, 5) is 0. The molecule has 0 aliphatic heterocycles. The van der Waals surface area contributed by atoms with E-state index in [9.17, 15) is 5.11 Å². The minimum atomic E-state index is 0.309. The first-order valence-electron chi connectivity index (χ1n) is 15.6. The summed E-state index contributed by atoms with van der Waals surface area (Å²) < 4.78 is 0. The fourth-order valence-electron chi connectivity index (χ4n) is 4.76. The number of hydrogen-bond donors (Lipinski definition) is 2. The normalized spacial score (nSPS) is 10.4. The smallest absolute Gasteiger partial charge is 0.116 e. The van der Waals surface area contributed by atoms with Gasteiger partial charge in [-0.05, 0) is 124 Å². The van der Waals surface area contributed by atoms with Gasteiger partial charge in [0.2, 0.25) is 0 Å². The molecule has 0 heterocycles. The zero-order valence-electron chi connectivity index (χ0n) is 28.2. The third-order valence-corrected chi connectivity index (χ3v) is 7.25. The Labute approximate surface area is 267 Å². The summed E-state index contributed by atoms with van der Waals surface area (Å²) >= 11 is 0. The molecule has 3 N–H and O–H groups in total. The van der Waals surface area contributed by atoms with Crippen molar-refractivity contribution in [2.24, 2.45) is 0 Å². The maximum absolute atomic E-state index is 9.46. The van der Waals surface area contributed by atoms with Crippen LogP contribution in [0.1, 0.15) is 66.6 Å². The van der Waals surface area contributed by atoms with Crippen LogP contribution in [0.5, 0.6) is 5.75 Å². The van der Waals surface area contributed by atoms with Gasteiger partial charge in [0.25, 0.3) is 0 Å². The van der Waals surface area contributed by atoms with E-state index in [1.165, 1.54) is 50.1 Å². The molecule has 5 aromatic rings. The summed E-state index contributed by atoms with van der Waals surface area (Å²) in [6.45, 7) is 18.7. The van der Waals surface area contributed by atoms with Gasteiger partial charge in [-0.2, -0.15) is 0 Å². The van der Waals surface area contributed by atoms with E-state index in [-0.39, 0.29) is 0 Å². The Morgan fingerprint density at radius 3 is 1.45 bits per heavy atom. The molecule has 0 radical (unpaired) electrons. The maximum atomic E-state index is 9.46. The van der Waals surface area contributed by atoms with Crippen molar-refractivity contribution in [2.45, 2.75) is 68.7 Å². The lowest BCUT2D eigenvalue weighted by atomic mass is 9.94. The first-order valence-corrected chi connectivity index (χ1v) is 15.6. The van der Waals surface area contributed by atoms with Gasteiger partial charge in [0.15, 0.2) is 0 Å². The van der Waals surface area contributed by atoms with Gasteiger partial charge in [0.05, 0.1) is 0 Å². The number of phenolic OH excluding ortho intramolecular Hbond substituents is 1. The van der Waals surface area contributed by atoms with Crippen molar-refractivity contribution in [1.82, 2.24) is 0 Å². The SMILES string of the molecule is C/C=C\C.CC.Cc1ccc(C)c(-c2cc(C)ccc2C)c1.Cc1ccccc1.Nc1ccc2c(c1)-c1cc(O)ccc1C2. The Morgan fingerprint density at radius 1 is 0.523 bits per heavy atom. The zero-order valence-corrected chi connectivity index (χ0v) is 28.2. The number of nitrogen functional groups attached to an aromatic ring is 1. The quantitative estimate of drug-likeness (QED) is 0.149. The van der Waals surface area contributed by atoms with Crippen molar-refractivity contribution in [3.63, 3.8) is 0 Å². The Morgan fingerprint density at radius 2 is 1.00 bits per heavy atom. The molecule has 2 nitrogen and oxygen atoms in total. The molecule has 0 saturated heterocycles. The number of aromatic hydroxyl groups is 1. The lowest BCUT2D eigenvalue weighted by Crippen LogP contribution is -1.89. The highest BCUT2D eigenvalue weighted by molar-refractivity contribution is 5.80. The molecule has 6 rings (SSSR count). The summed E-state index contributed by atoms with van der Waals surface area (Å²) in [5.74, 6) is 0.309. The zero-order chi connectivity index (χ0) is 32.6. The molecule has 0 amide bonds. The molecular weight excluding hydrogens is 534 g/mol. The van der Waals surface area contributed by atoms with E-state index in [0.29, 0.717) is 5.75 Å². The lowest BCUT2D eigenvalue weighted by molar-refractivity contribution is 0.475. The first-order chi connectivity index (χ1) is 21.1. The van der Waals surface area contributed by atoms with Gasteiger partial charge in [-0.15, -0.1) is 0 Å². The second-order valence-corrected chi connectivity index (χ2v) is 10.9. The highest BCUT2D eigenvalue weighted by atomic mass is 16.3. The van der Waals surface area contributed by atoms with E-state index in [0.717, 1.165) is 23.2 Å². The van der Waals surface area contributed by atoms with E-state index in [4.69, 9.17) is 5.73 Å². The monoisotopic (exact) mass is 585 g/mol. The second kappa shape index (κ2) is 18.2. The van der Waals surface area contributed by atoms with Crippen LogP contribution in [0.15, 0.2) is 115 Å². The van der Waals surface area contributed by atoms with E-state index < -0.39 is 0 Å². The minimum absolute atomic E-state index is 0.309. The fourth-order valence-corrected chi connectivity index (χ4v) is 4.76. The molecule has 0 aromatic heterocycles. The molecule has 0 fully saturated rings. The summed E-state index contributed by atoms with van der Waals surface area (Å²) in [5.41, 5.74) is 20.7. The van der Waals surface area contributed by atoms with Crippen LogP contribution in [0.25, 0.3) is 22.3 Å². The summed E-state index contributed by atoms with van der Waals surface area (Å²) in [7, 11) is 0. The Hall–Kier alpha value is -4.56. The second-order valence-electron chi connectivity index (χ2n) is 10.9. The van der Waals surface area contributed by atoms with Crippen LogP contribution < -0.4 is 5.73 Å². The predicted octanol–water partition coefficient (Wildman–Crippen LogP) is 11.7. The number of rotatable bonds is 1. The van der Waals surface area contributed by atoms with Crippen molar-refractivity contribution in [1.29, 1.82) is 0 Å². The van der Waals surface area contributed by atoms with Crippen molar-refractivity contribution in [3.05, 3.63) is 154 Å². The average Bonchev–Trinajstić information content (AvgIpc) is 3.38. The molecule has 230 valence electrons. The molecule has 44 heavy (non-hydrogen) atoms. The van der Waals surface area contributed by atoms with Crippen molar-refractivity contribution >= 4 is 5.69 Å². The molecule has 0 unspecified atom stereocenters. The molecule has 5 aromatic carbocycles. The lowest BCUT2D eigenvalue weighted by Gasteiger charge is -2.11. The van der Waals surface area contributed by atoms with Crippen LogP contribution in [-0.4, -0.2) is 5.11 Å². The molecule has 0 bridgehead atoms.